The highest BCUT2D eigenvalue weighted by molar-refractivity contribution is 5.71. The number of carboxylic acid groups (broad SMARTS) is 1. The Bertz CT molecular complexity index is 349. The van der Waals surface area contributed by atoms with Gasteiger partial charge in [-0.25, -0.2) is 4.79 Å². The van der Waals surface area contributed by atoms with Crippen LogP contribution in [-0.4, -0.2) is 97.8 Å². The maximum absolute atomic E-state index is 10.4. The summed E-state index contributed by atoms with van der Waals surface area (Å²) < 4.78 is 10.1. The summed E-state index contributed by atoms with van der Waals surface area (Å²) in [6, 6.07) is 0. The van der Waals surface area contributed by atoms with Crippen LogP contribution in [0.2, 0.25) is 0 Å². The first kappa shape index (κ1) is 19.2. The van der Waals surface area contributed by atoms with E-state index in [9.17, 15) is 25.2 Å². The van der Waals surface area contributed by atoms with Crippen molar-refractivity contribution in [1.82, 2.24) is 0 Å². The number of hydrogen-bond acceptors (Lipinski definition) is 9. The summed E-state index contributed by atoms with van der Waals surface area (Å²) in [6.45, 7) is -0.951. The molecule has 10 heteroatoms. The zero-order valence-corrected chi connectivity index (χ0v) is 11.7. The van der Waals surface area contributed by atoms with Gasteiger partial charge in [0.2, 0.25) is 0 Å². The zero-order chi connectivity index (χ0) is 16.9. The van der Waals surface area contributed by atoms with Crippen LogP contribution < -0.4 is 0 Å². The lowest BCUT2D eigenvalue weighted by molar-refractivity contribution is -0.304. The molecule has 7 atom stereocenters. The molecule has 1 rings (SSSR count). The van der Waals surface area contributed by atoms with Gasteiger partial charge in [0.25, 0.3) is 0 Å². The van der Waals surface area contributed by atoms with E-state index in [-0.39, 0.29) is 19.4 Å². The van der Waals surface area contributed by atoms with Crippen molar-refractivity contribution < 1.29 is 50.0 Å². The van der Waals surface area contributed by atoms with Crippen LogP contribution in [0.5, 0.6) is 0 Å². The fraction of sp³-hybridized carbons (Fsp3) is 0.917. The van der Waals surface area contributed by atoms with Crippen LogP contribution in [-0.2, 0) is 14.3 Å². The van der Waals surface area contributed by atoms with E-state index in [0.717, 1.165) is 0 Å². The SMILES string of the molecule is O=C(O)[C@@H](O)CC[C@H](O)CO[C@H]1O[C@H](CO)[C@H](O)[C@H](O)[C@H]1O. The average Bonchev–Trinajstić information content (AvgIpc) is 2.49. The Morgan fingerprint density at radius 3 is 2.27 bits per heavy atom. The van der Waals surface area contributed by atoms with Gasteiger partial charge in [0.15, 0.2) is 12.4 Å². The van der Waals surface area contributed by atoms with Crippen LogP contribution in [0, 0.1) is 0 Å². The Kier molecular flexibility index (Phi) is 7.59. The Labute approximate surface area is 126 Å². The van der Waals surface area contributed by atoms with Gasteiger partial charge in [0, 0.05) is 0 Å². The quantitative estimate of drug-likeness (QED) is 0.236. The topological polar surface area (TPSA) is 177 Å². The summed E-state index contributed by atoms with van der Waals surface area (Å²) in [5.41, 5.74) is 0. The number of rotatable bonds is 8. The summed E-state index contributed by atoms with van der Waals surface area (Å²) in [7, 11) is 0. The van der Waals surface area contributed by atoms with E-state index in [0.29, 0.717) is 0 Å². The third-order valence-corrected chi connectivity index (χ3v) is 3.36. The van der Waals surface area contributed by atoms with Crippen molar-refractivity contribution in [2.24, 2.45) is 0 Å². The van der Waals surface area contributed by atoms with Crippen LogP contribution in [0.15, 0.2) is 0 Å². The van der Waals surface area contributed by atoms with Crippen molar-refractivity contribution in [3.05, 3.63) is 0 Å². The van der Waals surface area contributed by atoms with Crippen LogP contribution in [0.3, 0.4) is 0 Å². The number of aliphatic carboxylic acids is 1. The highest BCUT2D eigenvalue weighted by Gasteiger charge is 2.44. The van der Waals surface area contributed by atoms with Crippen LogP contribution in [0.25, 0.3) is 0 Å². The zero-order valence-electron chi connectivity index (χ0n) is 11.7. The number of ether oxygens (including phenoxy) is 2. The molecule has 1 aliphatic heterocycles. The fourth-order valence-corrected chi connectivity index (χ4v) is 1.97. The maximum atomic E-state index is 10.4. The molecule has 0 aliphatic carbocycles. The van der Waals surface area contributed by atoms with Crippen molar-refractivity contribution in [3.63, 3.8) is 0 Å². The molecule has 0 saturated carbocycles. The molecule has 0 bridgehead atoms. The minimum atomic E-state index is -1.60. The van der Waals surface area contributed by atoms with Gasteiger partial charge in [0.1, 0.15) is 24.4 Å². The molecule has 1 fully saturated rings. The molecular weight excluding hydrogens is 304 g/mol. The summed E-state index contributed by atoms with van der Waals surface area (Å²) in [4.78, 5) is 10.4. The molecule has 0 aromatic rings. The molecule has 0 radical (unpaired) electrons. The first-order chi connectivity index (χ1) is 10.3. The van der Waals surface area contributed by atoms with Crippen LogP contribution in [0.1, 0.15) is 12.8 Å². The second-order valence-electron chi connectivity index (χ2n) is 5.12. The highest BCUT2D eigenvalue weighted by atomic mass is 16.7. The third kappa shape index (κ3) is 5.11. The largest absolute Gasteiger partial charge is 0.479 e. The molecule has 22 heavy (non-hydrogen) atoms. The Morgan fingerprint density at radius 2 is 1.73 bits per heavy atom. The minimum absolute atomic E-state index is 0.0646. The Hall–Kier alpha value is -0.850. The summed E-state index contributed by atoms with van der Waals surface area (Å²) >= 11 is 0. The second-order valence-corrected chi connectivity index (χ2v) is 5.12. The first-order valence-corrected chi connectivity index (χ1v) is 6.79. The molecule has 0 aromatic carbocycles. The molecular formula is C12H22O10. The number of carbonyl (C=O) groups is 1. The molecule has 0 unspecified atom stereocenters. The second kappa shape index (κ2) is 8.70. The fourth-order valence-electron chi connectivity index (χ4n) is 1.97. The predicted molar refractivity (Wildman–Crippen MR) is 68.6 cm³/mol. The maximum Gasteiger partial charge on any atom is 0.332 e. The number of aliphatic hydroxyl groups is 6. The monoisotopic (exact) mass is 326 g/mol. The average molecular weight is 326 g/mol. The van der Waals surface area contributed by atoms with E-state index in [2.05, 4.69) is 0 Å². The molecule has 10 nitrogen and oxygen atoms in total. The van der Waals surface area contributed by atoms with Crippen molar-refractivity contribution in [2.75, 3.05) is 13.2 Å². The molecule has 1 heterocycles. The molecule has 7 N–H and O–H groups in total. The number of hydrogen-bond donors (Lipinski definition) is 7. The molecule has 130 valence electrons. The van der Waals surface area contributed by atoms with Crippen LogP contribution in [0.4, 0.5) is 0 Å². The minimum Gasteiger partial charge on any atom is -0.479 e. The van der Waals surface area contributed by atoms with Gasteiger partial charge in [-0.2, -0.15) is 0 Å². The lowest BCUT2D eigenvalue weighted by Crippen LogP contribution is -2.59. The van der Waals surface area contributed by atoms with Gasteiger partial charge in [0.05, 0.1) is 19.3 Å². The Morgan fingerprint density at radius 1 is 1.09 bits per heavy atom. The third-order valence-electron chi connectivity index (χ3n) is 3.36. The summed E-state index contributed by atoms with van der Waals surface area (Å²) in [6.07, 6.45) is -10.1. The first-order valence-electron chi connectivity index (χ1n) is 6.79. The standard InChI is InChI=1S/C12H22O10/c13-3-7-8(16)9(17)10(18)12(22-7)21-4-5(14)1-2-6(15)11(19)20/h5-10,12-18H,1-4H2,(H,19,20)/t5-,6-,7+,8-,9-,10+,12-/m0/s1. The van der Waals surface area contributed by atoms with Gasteiger partial charge < -0.3 is 45.2 Å². The lowest BCUT2D eigenvalue weighted by Gasteiger charge is -2.39. The van der Waals surface area contributed by atoms with E-state index in [4.69, 9.17) is 24.8 Å². The molecule has 1 saturated heterocycles. The van der Waals surface area contributed by atoms with Crippen molar-refractivity contribution in [3.8, 4) is 0 Å². The van der Waals surface area contributed by atoms with Crippen molar-refractivity contribution in [1.29, 1.82) is 0 Å². The smallest absolute Gasteiger partial charge is 0.332 e. The van der Waals surface area contributed by atoms with Crippen molar-refractivity contribution >= 4 is 5.97 Å². The van der Waals surface area contributed by atoms with Gasteiger partial charge in [-0.1, -0.05) is 0 Å². The van der Waals surface area contributed by atoms with E-state index in [1.54, 1.807) is 0 Å². The molecule has 0 aromatic heterocycles. The summed E-state index contributed by atoms with van der Waals surface area (Å²) in [5, 5.41) is 64.9. The lowest BCUT2D eigenvalue weighted by atomic mass is 9.99. The highest BCUT2D eigenvalue weighted by Crippen LogP contribution is 2.22. The Balaban J connectivity index is 2.40. The van der Waals surface area contributed by atoms with E-state index in [1.807, 2.05) is 0 Å². The summed E-state index contributed by atoms with van der Waals surface area (Å²) in [5.74, 6) is -1.40. The molecule has 1 aliphatic rings. The van der Waals surface area contributed by atoms with Gasteiger partial charge in [-0.05, 0) is 12.8 Å². The molecule has 0 spiro atoms. The number of carboxylic acids is 1. The predicted octanol–water partition coefficient (Wildman–Crippen LogP) is -3.61. The number of aliphatic hydroxyl groups excluding tert-OH is 6. The molecule has 0 amide bonds. The van der Waals surface area contributed by atoms with Crippen molar-refractivity contribution in [2.45, 2.75) is 55.8 Å². The van der Waals surface area contributed by atoms with Gasteiger partial charge >= 0.3 is 5.97 Å². The normalized spacial score (nSPS) is 35.1. The van der Waals surface area contributed by atoms with E-state index >= 15 is 0 Å². The van der Waals surface area contributed by atoms with Crippen LogP contribution >= 0.6 is 0 Å². The van der Waals surface area contributed by atoms with Gasteiger partial charge in [-0.3, -0.25) is 0 Å². The van der Waals surface area contributed by atoms with E-state index in [1.165, 1.54) is 0 Å². The van der Waals surface area contributed by atoms with E-state index < -0.39 is 55.5 Å². The van der Waals surface area contributed by atoms with Gasteiger partial charge in [-0.15, -0.1) is 0 Å².